The lowest BCUT2D eigenvalue weighted by Gasteiger charge is -2.08. The largest absolute Gasteiger partial charge is 0.433 e. The van der Waals surface area contributed by atoms with E-state index in [1.807, 2.05) is 0 Å². The molecular weight excluding hydrogens is 198 g/mol. The highest BCUT2D eigenvalue weighted by molar-refractivity contribution is 5.91. The Bertz CT molecular complexity index is 263. The highest BCUT2D eigenvalue weighted by atomic mass is 16.5. The van der Waals surface area contributed by atoms with Gasteiger partial charge in [0.1, 0.15) is 12.3 Å². The average molecular weight is 215 g/mol. The van der Waals surface area contributed by atoms with Crippen molar-refractivity contribution in [2.75, 3.05) is 6.54 Å². The molecule has 0 radical (unpaired) electrons. The van der Waals surface area contributed by atoms with Gasteiger partial charge in [0.15, 0.2) is 0 Å². The molecule has 0 aromatic rings. The SMILES string of the molecule is C/C(=C\OC(=O)C(N)CCCN)C(N)=O. The topological polar surface area (TPSA) is 121 Å². The van der Waals surface area contributed by atoms with Crippen LogP contribution in [0.1, 0.15) is 19.8 Å². The molecule has 86 valence electrons. The molecule has 1 atom stereocenters. The average Bonchev–Trinajstić information content (AvgIpc) is 2.21. The molecule has 1 amide bonds. The molecule has 6 nitrogen and oxygen atoms in total. The Morgan fingerprint density at radius 2 is 2.07 bits per heavy atom. The molecule has 0 spiro atoms. The molecule has 6 heteroatoms. The van der Waals surface area contributed by atoms with Crippen LogP contribution in [0.15, 0.2) is 11.8 Å². The first-order valence-corrected chi connectivity index (χ1v) is 4.61. The van der Waals surface area contributed by atoms with Gasteiger partial charge in [-0.05, 0) is 26.3 Å². The summed E-state index contributed by atoms with van der Waals surface area (Å²) in [6, 6.07) is -0.717. The van der Waals surface area contributed by atoms with E-state index >= 15 is 0 Å². The van der Waals surface area contributed by atoms with Crippen molar-refractivity contribution in [2.45, 2.75) is 25.8 Å². The van der Waals surface area contributed by atoms with E-state index in [1.54, 1.807) is 0 Å². The fraction of sp³-hybridized carbons (Fsp3) is 0.556. The summed E-state index contributed by atoms with van der Waals surface area (Å²) in [4.78, 5) is 21.8. The number of hydrogen-bond acceptors (Lipinski definition) is 5. The third kappa shape index (κ3) is 5.82. The maximum Gasteiger partial charge on any atom is 0.327 e. The Labute approximate surface area is 88.4 Å². The second-order valence-corrected chi connectivity index (χ2v) is 3.14. The van der Waals surface area contributed by atoms with Crippen LogP contribution in [-0.2, 0) is 14.3 Å². The van der Waals surface area contributed by atoms with E-state index in [2.05, 4.69) is 4.74 Å². The summed E-state index contributed by atoms with van der Waals surface area (Å²) in [5.74, 6) is -1.23. The van der Waals surface area contributed by atoms with Gasteiger partial charge in [-0.25, -0.2) is 4.79 Å². The molecule has 0 saturated carbocycles. The van der Waals surface area contributed by atoms with Crippen molar-refractivity contribution in [3.8, 4) is 0 Å². The standard InChI is InChI=1S/C9H17N3O3/c1-6(8(12)13)5-15-9(14)7(11)3-2-4-10/h5,7H,2-4,10-11H2,1H3,(H2,12,13)/b6-5+. The zero-order chi connectivity index (χ0) is 11.8. The maximum atomic E-state index is 11.2. The van der Waals surface area contributed by atoms with Crippen LogP contribution >= 0.6 is 0 Å². The minimum atomic E-state index is -0.717. The minimum Gasteiger partial charge on any atom is -0.433 e. The molecule has 0 bridgehead atoms. The van der Waals surface area contributed by atoms with Crippen molar-refractivity contribution in [1.29, 1.82) is 0 Å². The van der Waals surface area contributed by atoms with Gasteiger partial charge in [0, 0.05) is 5.57 Å². The van der Waals surface area contributed by atoms with Gasteiger partial charge in [-0.2, -0.15) is 0 Å². The Morgan fingerprint density at radius 3 is 2.53 bits per heavy atom. The summed E-state index contributed by atoms with van der Waals surface area (Å²) in [6.07, 6.45) is 2.11. The third-order valence-corrected chi connectivity index (χ3v) is 1.76. The van der Waals surface area contributed by atoms with Crippen molar-refractivity contribution >= 4 is 11.9 Å². The van der Waals surface area contributed by atoms with Crippen molar-refractivity contribution in [3.63, 3.8) is 0 Å². The van der Waals surface area contributed by atoms with E-state index in [9.17, 15) is 9.59 Å². The van der Waals surface area contributed by atoms with Gasteiger partial charge >= 0.3 is 5.97 Å². The summed E-state index contributed by atoms with van der Waals surface area (Å²) in [6.45, 7) is 1.91. The van der Waals surface area contributed by atoms with Crippen LogP contribution in [0.4, 0.5) is 0 Å². The van der Waals surface area contributed by atoms with Crippen molar-refractivity contribution in [3.05, 3.63) is 11.8 Å². The maximum absolute atomic E-state index is 11.2. The summed E-state index contributed by atoms with van der Waals surface area (Å²) in [5.41, 5.74) is 15.8. The Balaban J connectivity index is 4.03. The minimum absolute atomic E-state index is 0.161. The molecule has 0 aromatic heterocycles. The fourth-order valence-electron chi connectivity index (χ4n) is 0.748. The quantitative estimate of drug-likeness (QED) is 0.297. The van der Waals surface area contributed by atoms with Crippen molar-refractivity contribution in [2.24, 2.45) is 17.2 Å². The number of nitrogens with two attached hydrogens (primary N) is 3. The Morgan fingerprint density at radius 1 is 1.47 bits per heavy atom. The highest BCUT2D eigenvalue weighted by Gasteiger charge is 2.13. The van der Waals surface area contributed by atoms with Crippen LogP contribution in [0.3, 0.4) is 0 Å². The number of ether oxygens (including phenoxy) is 1. The number of hydrogen-bond donors (Lipinski definition) is 3. The number of esters is 1. The van der Waals surface area contributed by atoms with Gasteiger partial charge < -0.3 is 21.9 Å². The molecule has 15 heavy (non-hydrogen) atoms. The molecule has 0 fully saturated rings. The number of carbonyl (C=O) groups excluding carboxylic acids is 2. The molecule has 6 N–H and O–H groups in total. The first-order chi connectivity index (χ1) is 6.99. The Hall–Kier alpha value is -1.40. The summed E-state index contributed by atoms with van der Waals surface area (Å²) >= 11 is 0. The highest BCUT2D eigenvalue weighted by Crippen LogP contribution is 1.98. The van der Waals surface area contributed by atoms with Gasteiger partial charge in [-0.1, -0.05) is 0 Å². The zero-order valence-corrected chi connectivity index (χ0v) is 8.73. The molecule has 0 aromatic carbocycles. The molecule has 0 aliphatic carbocycles. The zero-order valence-electron chi connectivity index (χ0n) is 8.73. The first-order valence-electron chi connectivity index (χ1n) is 4.61. The lowest BCUT2D eigenvalue weighted by molar-refractivity contribution is -0.139. The second-order valence-electron chi connectivity index (χ2n) is 3.14. The molecule has 0 aliphatic rings. The number of primary amides is 1. The van der Waals surface area contributed by atoms with Crippen molar-refractivity contribution in [1.82, 2.24) is 0 Å². The lowest BCUT2D eigenvalue weighted by Crippen LogP contribution is -2.32. The third-order valence-electron chi connectivity index (χ3n) is 1.76. The number of carbonyl (C=O) groups is 2. The molecule has 0 saturated heterocycles. The predicted octanol–water partition coefficient (Wildman–Crippen LogP) is -1.02. The normalized spacial score (nSPS) is 13.4. The van der Waals surface area contributed by atoms with Gasteiger partial charge in [-0.3, -0.25) is 4.79 Å². The molecule has 0 rings (SSSR count). The number of rotatable bonds is 6. The van der Waals surface area contributed by atoms with Crippen LogP contribution in [0.5, 0.6) is 0 Å². The summed E-state index contributed by atoms with van der Waals surface area (Å²) in [5, 5.41) is 0. The second kappa shape index (κ2) is 6.97. The van der Waals surface area contributed by atoms with E-state index in [-0.39, 0.29) is 5.57 Å². The smallest absolute Gasteiger partial charge is 0.327 e. The number of amides is 1. The lowest BCUT2D eigenvalue weighted by atomic mass is 10.2. The molecule has 0 heterocycles. The molecular formula is C9H17N3O3. The van der Waals surface area contributed by atoms with Gasteiger partial charge in [0.05, 0.1) is 0 Å². The summed E-state index contributed by atoms with van der Waals surface area (Å²) in [7, 11) is 0. The van der Waals surface area contributed by atoms with Gasteiger partial charge in [-0.15, -0.1) is 0 Å². The first kappa shape index (κ1) is 13.6. The van der Waals surface area contributed by atoms with Crippen LogP contribution in [0.25, 0.3) is 0 Å². The monoisotopic (exact) mass is 215 g/mol. The van der Waals surface area contributed by atoms with E-state index in [0.717, 1.165) is 6.26 Å². The van der Waals surface area contributed by atoms with E-state index in [0.29, 0.717) is 19.4 Å². The van der Waals surface area contributed by atoms with Crippen molar-refractivity contribution < 1.29 is 14.3 Å². The van der Waals surface area contributed by atoms with Gasteiger partial charge in [0.2, 0.25) is 5.91 Å². The Kier molecular flexibility index (Phi) is 6.32. The summed E-state index contributed by atoms with van der Waals surface area (Å²) < 4.78 is 4.66. The van der Waals surface area contributed by atoms with E-state index in [1.165, 1.54) is 6.92 Å². The molecule has 0 aliphatic heterocycles. The van der Waals surface area contributed by atoms with Crippen LogP contribution in [-0.4, -0.2) is 24.5 Å². The van der Waals surface area contributed by atoms with Crippen LogP contribution < -0.4 is 17.2 Å². The van der Waals surface area contributed by atoms with Gasteiger partial charge in [0.25, 0.3) is 0 Å². The molecule has 1 unspecified atom stereocenters. The predicted molar refractivity (Wildman–Crippen MR) is 55.3 cm³/mol. The van der Waals surface area contributed by atoms with Crippen LogP contribution in [0, 0.1) is 0 Å². The van der Waals surface area contributed by atoms with Crippen LogP contribution in [0.2, 0.25) is 0 Å². The van der Waals surface area contributed by atoms with E-state index in [4.69, 9.17) is 17.2 Å². The van der Waals surface area contributed by atoms with E-state index < -0.39 is 17.9 Å². The fourth-order valence-corrected chi connectivity index (χ4v) is 0.748.